The highest BCUT2D eigenvalue weighted by Crippen LogP contribution is 2.18. The Kier molecular flexibility index (Phi) is 5.77. The van der Waals surface area contributed by atoms with E-state index >= 15 is 0 Å². The van der Waals surface area contributed by atoms with Gasteiger partial charge in [0.15, 0.2) is 5.16 Å². The first kappa shape index (κ1) is 16.6. The Bertz CT molecular complexity index is 750. The Balaban J connectivity index is 2.06. The van der Waals surface area contributed by atoms with Gasteiger partial charge in [-0.05, 0) is 24.5 Å². The average Bonchev–Trinajstić information content (AvgIpc) is 3.06. The molecule has 0 aliphatic heterocycles. The molecule has 118 valence electrons. The van der Waals surface area contributed by atoms with Crippen LogP contribution in [0.25, 0.3) is 5.69 Å². The first-order valence-electron chi connectivity index (χ1n) is 6.75. The van der Waals surface area contributed by atoms with E-state index in [1.54, 1.807) is 30.5 Å². The maximum absolute atomic E-state index is 12.1. The van der Waals surface area contributed by atoms with E-state index in [4.69, 9.17) is 5.26 Å². The lowest BCUT2D eigenvalue weighted by atomic mass is 10.2. The second-order valence-electron chi connectivity index (χ2n) is 4.45. The largest absolute Gasteiger partial charge is 0.343 e. The maximum atomic E-state index is 12.1. The number of imidazole rings is 1. The lowest BCUT2D eigenvalue weighted by Gasteiger charge is -2.09. The van der Waals surface area contributed by atoms with Crippen molar-refractivity contribution in [3.63, 3.8) is 0 Å². The monoisotopic (exact) mass is 329 g/mol. The van der Waals surface area contributed by atoms with Gasteiger partial charge >= 0.3 is 0 Å². The van der Waals surface area contributed by atoms with Crippen molar-refractivity contribution in [2.75, 3.05) is 19.3 Å². The topological polar surface area (TPSA) is 99.8 Å². The van der Waals surface area contributed by atoms with E-state index in [0.717, 1.165) is 10.8 Å². The van der Waals surface area contributed by atoms with Gasteiger partial charge in [-0.15, -0.1) is 0 Å². The lowest BCUT2D eigenvalue weighted by Crippen LogP contribution is -2.37. The molecule has 0 aliphatic carbocycles. The van der Waals surface area contributed by atoms with Crippen LogP contribution in [0.3, 0.4) is 0 Å². The molecule has 8 heteroatoms. The van der Waals surface area contributed by atoms with Crippen molar-refractivity contribution in [2.45, 2.75) is 5.16 Å². The van der Waals surface area contributed by atoms with Crippen molar-refractivity contribution < 1.29 is 9.59 Å². The molecule has 0 aliphatic rings. The van der Waals surface area contributed by atoms with E-state index in [9.17, 15) is 9.59 Å². The van der Waals surface area contributed by atoms with Crippen molar-refractivity contribution >= 4 is 23.6 Å². The number of benzene rings is 1. The third kappa shape index (κ3) is 4.34. The van der Waals surface area contributed by atoms with Crippen LogP contribution in [0, 0.1) is 11.3 Å². The number of thioether (sulfide) groups is 1. The van der Waals surface area contributed by atoms with E-state index < -0.39 is 5.91 Å². The second-order valence-corrected chi connectivity index (χ2v) is 5.23. The molecule has 0 spiro atoms. The van der Waals surface area contributed by atoms with Crippen molar-refractivity contribution in [3.05, 3.63) is 42.2 Å². The van der Waals surface area contributed by atoms with Crippen LogP contribution in [0.4, 0.5) is 0 Å². The number of carbonyl (C=O) groups excluding carboxylic acids is 2. The highest BCUT2D eigenvalue weighted by atomic mass is 32.2. The van der Waals surface area contributed by atoms with Crippen molar-refractivity contribution in [1.82, 2.24) is 20.2 Å². The van der Waals surface area contributed by atoms with E-state index in [-0.39, 0.29) is 19.0 Å². The molecule has 2 amide bonds. The van der Waals surface area contributed by atoms with Crippen molar-refractivity contribution in [2.24, 2.45) is 0 Å². The first-order chi connectivity index (χ1) is 11.2. The fourth-order valence-corrected chi connectivity index (χ4v) is 2.43. The normalized spacial score (nSPS) is 9.91. The van der Waals surface area contributed by atoms with Crippen LogP contribution in [0.1, 0.15) is 10.4 Å². The Morgan fingerprint density at radius 3 is 2.96 bits per heavy atom. The SMILES string of the molecule is CSc1nccn1-c1cccc(C(=O)NCC(=O)NCC#N)c1. The van der Waals surface area contributed by atoms with Crippen LogP contribution in [0.15, 0.2) is 41.8 Å². The van der Waals surface area contributed by atoms with Gasteiger partial charge in [0.2, 0.25) is 5.91 Å². The summed E-state index contributed by atoms with van der Waals surface area (Å²) in [5.41, 5.74) is 1.25. The molecule has 1 heterocycles. The van der Waals surface area contributed by atoms with E-state index in [1.807, 2.05) is 23.1 Å². The smallest absolute Gasteiger partial charge is 0.251 e. The number of hydrogen-bond acceptors (Lipinski definition) is 5. The number of aromatic nitrogens is 2. The molecule has 0 atom stereocenters. The molecule has 0 fully saturated rings. The average molecular weight is 329 g/mol. The summed E-state index contributed by atoms with van der Waals surface area (Å²) in [5, 5.41) is 14.1. The molecule has 0 unspecified atom stereocenters. The van der Waals surface area contributed by atoms with Crippen LogP contribution < -0.4 is 10.6 Å². The maximum Gasteiger partial charge on any atom is 0.251 e. The quantitative estimate of drug-likeness (QED) is 0.607. The Morgan fingerprint density at radius 1 is 1.39 bits per heavy atom. The van der Waals surface area contributed by atoms with E-state index in [1.165, 1.54) is 11.8 Å². The number of nitrogens with one attached hydrogen (secondary N) is 2. The van der Waals surface area contributed by atoms with Crippen LogP contribution in [0.2, 0.25) is 0 Å². The number of nitrogens with zero attached hydrogens (tertiary/aromatic N) is 3. The predicted molar refractivity (Wildman–Crippen MR) is 86.3 cm³/mol. The molecular formula is C15H15N5O2S. The van der Waals surface area contributed by atoms with Gasteiger partial charge in [0.05, 0.1) is 12.6 Å². The van der Waals surface area contributed by atoms with Crippen LogP contribution in [0.5, 0.6) is 0 Å². The summed E-state index contributed by atoms with van der Waals surface area (Å²) >= 11 is 1.50. The number of amides is 2. The molecular weight excluding hydrogens is 314 g/mol. The third-order valence-corrected chi connectivity index (χ3v) is 3.62. The fraction of sp³-hybridized carbons (Fsp3) is 0.200. The number of nitriles is 1. The standard InChI is InChI=1S/C15H15N5O2S/c1-23-15-18-7-8-20(15)12-4-2-3-11(9-12)14(22)19-10-13(21)17-6-5-16/h2-4,7-9H,6,10H2,1H3,(H,17,21)(H,19,22). The molecule has 1 aromatic heterocycles. The third-order valence-electron chi connectivity index (χ3n) is 2.95. The zero-order valence-electron chi connectivity index (χ0n) is 12.4. The Labute approximate surface area is 137 Å². The van der Waals surface area contributed by atoms with Gasteiger partial charge in [-0.1, -0.05) is 17.8 Å². The van der Waals surface area contributed by atoms with Gasteiger partial charge in [-0.2, -0.15) is 5.26 Å². The summed E-state index contributed by atoms with van der Waals surface area (Å²) in [5.74, 6) is -0.764. The van der Waals surface area contributed by atoms with Crippen molar-refractivity contribution in [3.8, 4) is 11.8 Å². The zero-order chi connectivity index (χ0) is 16.7. The summed E-state index contributed by atoms with van der Waals surface area (Å²) in [7, 11) is 0. The van der Waals surface area contributed by atoms with Gasteiger partial charge in [-0.3, -0.25) is 14.2 Å². The Hall–Kier alpha value is -2.79. The molecule has 2 aromatic rings. The first-order valence-corrected chi connectivity index (χ1v) is 7.98. The number of carbonyl (C=O) groups is 2. The summed E-state index contributed by atoms with van der Waals surface area (Å²) in [6.45, 7) is -0.256. The van der Waals surface area contributed by atoms with Gasteiger partial charge in [0, 0.05) is 23.6 Å². The molecule has 23 heavy (non-hydrogen) atoms. The molecule has 0 saturated carbocycles. The molecule has 0 radical (unpaired) electrons. The molecule has 2 rings (SSSR count). The van der Waals surface area contributed by atoms with E-state index in [2.05, 4.69) is 15.6 Å². The van der Waals surface area contributed by atoms with Crippen molar-refractivity contribution in [1.29, 1.82) is 5.26 Å². The predicted octanol–water partition coefficient (Wildman–Crippen LogP) is 0.964. The van der Waals surface area contributed by atoms with Gasteiger partial charge in [-0.25, -0.2) is 4.98 Å². The molecule has 2 N–H and O–H groups in total. The lowest BCUT2D eigenvalue weighted by molar-refractivity contribution is -0.119. The van der Waals surface area contributed by atoms with Crippen LogP contribution in [-0.4, -0.2) is 40.7 Å². The molecule has 1 aromatic carbocycles. The highest BCUT2D eigenvalue weighted by Gasteiger charge is 2.10. The van der Waals surface area contributed by atoms with Crippen LogP contribution in [-0.2, 0) is 4.79 Å². The van der Waals surface area contributed by atoms with Gasteiger partial charge < -0.3 is 10.6 Å². The summed E-state index contributed by atoms with van der Waals surface area (Å²) in [6, 6.07) is 8.83. The fourth-order valence-electron chi connectivity index (χ4n) is 1.90. The second kappa shape index (κ2) is 8.00. The van der Waals surface area contributed by atoms with E-state index in [0.29, 0.717) is 5.56 Å². The zero-order valence-corrected chi connectivity index (χ0v) is 13.3. The number of hydrogen-bond donors (Lipinski definition) is 2. The molecule has 0 bridgehead atoms. The minimum Gasteiger partial charge on any atom is -0.343 e. The number of rotatable bonds is 6. The van der Waals surface area contributed by atoms with Gasteiger partial charge in [0.1, 0.15) is 6.54 Å². The minimum atomic E-state index is -0.407. The summed E-state index contributed by atoms with van der Waals surface area (Å²) < 4.78 is 1.88. The molecule has 7 nitrogen and oxygen atoms in total. The van der Waals surface area contributed by atoms with Crippen LogP contribution >= 0.6 is 11.8 Å². The Morgan fingerprint density at radius 2 is 2.22 bits per heavy atom. The minimum absolute atomic E-state index is 0.0811. The summed E-state index contributed by atoms with van der Waals surface area (Å²) in [4.78, 5) is 27.7. The summed E-state index contributed by atoms with van der Waals surface area (Å²) in [6.07, 6.45) is 5.44. The molecule has 0 saturated heterocycles. The highest BCUT2D eigenvalue weighted by molar-refractivity contribution is 7.98. The van der Waals surface area contributed by atoms with Gasteiger partial charge in [0.25, 0.3) is 5.91 Å².